The van der Waals surface area contributed by atoms with Crippen LogP contribution < -0.4 is 0 Å². The number of fused-ring (bicyclic) bond motifs is 1. The number of pyridine rings is 1. The predicted octanol–water partition coefficient (Wildman–Crippen LogP) is 3.70. The van der Waals surface area contributed by atoms with Crippen molar-refractivity contribution in [1.29, 1.82) is 0 Å². The Kier molecular flexibility index (Phi) is 2.50. The van der Waals surface area contributed by atoms with Gasteiger partial charge in [-0.15, -0.1) is 5.10 Å². The minimum absolute atomic E-state index is 0.537. The second kappa shape index (κ2) is 4.02. The lowest BCUT2D eigenvalue weighted by Gasteiger charge is -1.94. The van der Waals surface area contributed by atoms with E-state index in [4.69, 9.17) is 23.2 Å². The third-order valence-corrected chi connectivity index (χ3v) is 2.95. The van der Waals surface area contributed by atoms with Gasteiger partial charge in [0.1, 0.15) is 5.15 Å². The fourth-order valence-electron chi connectivity index (χ4n) is 1.59. The van der Waals surface area contributed by atoms with Gasteiger partial charge in [-0.3, -0.25) is 0 Å². The van der Waals surface area contributed by atoms with Crippen molar-refractivity contribution in [2.45, 2.75) is 0 Å². The molecule has 3 rings (SSSR count). The maximum atomic E-state index is 6.02. The monoisotopic (exact) mass is 263 g/mol. The van der Waals surface area contributed by atoms with Crippen LogP contribution in [0.25, 0.3) is 17.0 Å². The van der Waals surface area contributed by atoms with Crippen molar-refractivity contribution in [3.63, 3.8) is 0 Å². The van der Waals surface area contributed by atoms with Gasteiger partial charge in [0.05, 0.1) is 0 Å². The van der Waals surface area contributed by atoms with Crippen molar-refractivity contribution in [3.05, 3.63) is 52.6 Å². The van der Waals surface area contributed by atoms with E-state index in [0.717, 1.165) is 11.2 Å². The van der Waals surface area contributed by atoms with Crippen molar-refractivity contribution in [3.8, 4) is 11.4 Å². The second-order valence-corrected chi connectivity index (χ2v) is 4.38. The fourth-order valence-corrected chi connectivity index (χ4v) is 1.92. The quantitative estimate of drug-likeness (QED) is 0.627. The molecular weight excluding hydrogens is 257 g/mol. The van der Waals surface area contributed by atoms with Gasteiger partial charge in [0.25, 0.3) is 0 Å². The summed E-state index contributed by atoms with van der Waals surface area (Å²) in [5.74, 6) is 0.634. The topological polar surface area (TPSA) is 30.2 Å². The molecule has 0 atom stereocenters. The summed E-state index contributed by atoms with van der Waals surface area (Å²) < 4.78 is 1.60. The van der Waals surface area contributed by atoms with E-state index in [-0.39, 0.29) is 0 Å². The molecule has 2 heterocycles. The number of benzene rings is 1. The van der Waals surface area contributed by atoms with Crippen LogP contribution in [-0.4, -0.2) is 14.6 Å². The Balaban J connectivity index is 2.18. The predicted molar refractivity (Wildman–Crippen MR) is 68.4 cm³/mol. The van der Waals surface area contributed by atoms with Gasteiger partial charge in [0.15, 0.2) is 11.5 Å². The Bertz CT molecular complexity index is 674. The summed E-state index contributed by atoms with van der Waals surface area (Å²) in [5, 5.41) is 5.57. The molecule has 0 spiro atoms. The summed E-state index contributed by atoms with van der Waals surface area (Å²) in [6.07, 6.45) is 0. The Hall–Kier alpha value is -1.58. The first kappa shape index (κ1) is 10.6. The van der Waals surface area contributed by atoms with Gasteiger partial charge in [-0.1, -0.05) is 29.3 Å². The van der Waals surface area contributed by atoms with E-state index < -0.39 is 0 Å². The average molecular weight is 264 g/mol. The smallest absolute Gasteiger partial charge is 0.182 e. The lowest BCUT2D eigenvalue weighted by atomic mass is 10.2. The highest BCUT2D eigenvalue weighted by molar-refractivity contribution is 6.30. The van der Waals surface area contributed by atoms with E-state index in [1.165, 1.54) is 0 Å². The first-order valence-electron chi connectivity index (χ1n) is 5.01. The molecule has 0 N–H and O–H groups in total. The van der Waals surface area contributed by atoms with E-state index in [2.05, 4.69) is 10.1 Å². The summed E-state index contributed by atoms with van der Waals surface area (Å²) in [4.78, 5) is 4.40. The minimum atomic E-state index is 0.537. The van der Waals surface area contributed by atoms with Crippen molar-refractivity contribution in [2.75, 3.05) is 0 Å². The number of hydrogen-bond acceptors (Lipinski definition) is 2. The summed E-state index contributed by atoms with van der Waals surface area (Å²) >= 11 is 11.9. The van der Waals surface area contributed by atoms with Gasteiger partial charge in [-0.2, -0.15) is 0 Å². The summed E-state index contributed by atoms with van der Waals surface area (Å²) in [6, 6.07) is 12.9. The van der Waals surface area contributed by atoms with Crippen molar-refractivity contribution in [2.24, 2.45) is 0 Å². The standard InChI is InChI=1S/C12H7Cl2N3/c13-9-6-4-8(5-7-9)12-15-11-3-1-2-10(14)17(11)16-12/h1-7H. The molecule has 1 aromatic carbocycles. The highest BCUT2D eigenvalue weighted by Crippen LogP contribution is 2.20. The summed E-state index contributed by atoms with van der Waals surface area (Å²) in [7, 11) is 0. The first-order valence-corrected chi connectivity index (χ1v) is 5.77. The zero-order valence-electron chi connectivity index (χ0n) is 8.64. The number of hydrogen-bond donors (Lipinski definition) is 0. The lowest BCUT2D eigenvalue weighted by Crippen LogP contribution is -1.88. The van der Waals surface area contributed by atoms with E-state index in [1.807, 2.05) is 36.4 Å². The Labute approximate surface area is 108 Å². The third-order valence-electron chi connectivity index (χ3n) is 2.42. The number of halogens is 2. The van der Waals surface area contributed by atoms with Crippen LogP contribution in [0.3, 0.4) is 0 Å². The van der Waals surface area contributed by atoms with Crippen LogP contribution in [-0.2, 0) is 0 Å². The molecule has 3 nitrogen and oxygen atoms in total. The highest BCUT2D eigenvalue weighted by atomic mass is 35.5. The maximum Gasteiger partial charge on any atom is 0.182 e. The van der Waals surface area contributed by atoms with Crippen molar-refractivity contribution in [1.82, 2.24) is 14.6 Å². The normalized spacial score (nSPS) is 10.9. The molecule has 2 aromatic heterocycles. The van der Waals surface area contributed by atoms with E-state index >= 15 is 0 Å². The summed E-state index contributed by atoms with van der Waals surface area (Å²) in [6.45, 7) is 0. The molecule has 0 bridgehead atoms. The molecule has 0 aliphatic carbocycles. The number of rotatable bonds is 1. The molecule has 17 heavy (non-hydrogen) atoms. The molecule has 3 aromatic rings. The molecule has 0 fully saturated rings. The zero-order valence-corrected chi connectivity index (χ0v) is 10.2. The van der Waals surface area contributed by atoms with E-state index in [0.29, 0.717) is 16.0 Å². The maximum absolute atomic E-state index is 6.02. The number of nitrogens with zero attached hydrogens (tertiary/aromatic N) is 3. The minimum Gasteiger partial charge on any atom is -0.207 e. The van der Waals surface area contributed by atoms with Crippen LogP contribution in [0, 0.1) is 0 Å². The van der Waals surface area contributed by atoms with Gasteiger partial charge >= 0.3 is 0 Å². The molecule has 0 aliphatic heterocycles. The highest BCUT2D eigenvalue weighted by Gasteiger charge is 2.07. The first-order chi connectivity index (χ1) is 8.24. The van der Waals surface area contributed by atoms with Crippen molar-refractivity contribution < 1.29 is 0 Å². The van der Waals surface area contributed by atoms with Crippen LogP contribution >= 0.6 is 23.2 Å². The van der Waals surface area contributed by atoms with Crippen LogP contribution in [0.1, 0.15) is 0 Å². The summed E-state index contributed by atoms with van der Waals surface area (Å²) in [5.41, 5.74) is 1.64. The molecule has 5 heteroatoms. The molecule has 0 amide bonds. The van der Waals surface area contributed by atoms with Gasteiger partial charge in [-0.05, 0) is 36.4 Å². The molecule has 0 saturated heterocycles. The number of aromatic nitrogens is 3. The van der Waals surface area contributed by atoms with Gasteiger partial charge in [0.2, 0.25) is 0 Å². The molecular formula is C12H7Cl2N3. The largest absolute Gasteiger partial charge is 0.207 e. The molecule has 84 valence electrons. The van der Waals surface area contributed by atoms with Gasteiger partial charge in [-0.25, -0.2) is 9.50 Å². The Morgan fingerprint density at radius 1 is 0.941 bits per heavy atom. The zero-order chi connectivity index (χ0) is 11.8. The average Bonchev–Trinajstić information content (AvgIpc) is 2.75. The molecule has 0 saturated carbocycles. The third kappa shape index (κ3) is 1.88. The van der Waals surface area contributed by atoms with Gasteiger partial charge < -0.3 is 0 Å². The van der Waals surface area contributed by atoms with Crippen LogP contribution in [0.15, 0.2) is 42.5 Å². The SMILES string of the molecule is Clc1ccc(-c2nc3cccc(Cl)n3n2)cc1. The molecule has 0 radical (unpaired) electrons. The van der Waals surface area contributed by atoms with Crippen molar-refractivity contribution >= 4 is 28.8 Å². The Morgan fingerprint density at radius 3 is 2.41 bits per heavy atom. The van der Waals surface area contributed by atoms with Crippen LogP contribution in [0.2, 0.25) is 10.2 Å². The van der Waals surface area contributed by atoms with E-state index in [1.54, 1.807) is 10.6 Å². The lowest BCUT2D eigenvalue weighted by molar-refractivity contribution is 0.966. The van der Waals surface area contributed by atoms with Gasteiger partial charge in [0, 0.05) is 10.6 Å². The van der Waals surface area contributed by atoms with Crippen LogP contribution in [0.5, 0.6) is 0 Å². The molecule has 0 aliphatic rings. The van der Waals surface area contributed by atoms with Crippen LogP contribution in [0.4, 0.5) is 0 Å². The fraction of sp³-hybridized carbons (Fsp3) is 0. The second-order valence-electron chi connectivity index (χ2n) is 3.56. The molecule has 0 unspecified atom stereocenters. The van der Waals surface area contributed by atoms with E-state index in [9.17, 15) is 0 Å². The Morgan fingerprint density at radius 2 is 1.71 bits per heavy atom.